The molecule has 144 valence electrons. The van der Waals surface area contributed by atoms with E-state index in [0.29, 0.717) is 0 Å². The van der Waals surface area contributed by atoms with Crippen LogP contribution in [0.15, 0.2) is 42.6 Å². The molecule has 1 aromatic carbocycles. The molecule has 0 unspecified atom stereocenters. The van der Waals surface area contributed by atoms with Gasteiger partial charge in [-0.15, -0.1) is 0 Å². The van der Waals surface area contributed by atoms with E-state index in [0.717, 1.165) is 52.3 Å². The highest BCUT2D eigenvalue weighted by molar-refractivity contribution is 6.31. The van der Waals surface area contributed by atoms with Crippen molar-refractivity contribution >= 4 is 28.2 Å². The quantitative estimate of drug-likeness (QED) is 0.450. The summed E-state index contributed by atoms with van der Waals surface area (Å²) >= 11 is 6.09. The Kier molecular flexibility index (Phi) is 5.99. The Hall–Kier alpha value is -1.58. The summed E-state index contributed by atoms with van der Waals surface area (Å²) < 4.78 is 0. The van der Waals surface area contributed by atoms with Gasteiger partial charge in [-0.1, -0.05) is 30.7 Å². The van der Waals surface area contributed by atoms with E-state index in [-0.39, 0.29) is 0 Å². The summed E-state index contributed by atoms with van der Waals surface area (Å²) in [6.07, 6.45) is 12.0. The Morgan fingerprint density at radius 2 is 2.11 bits per heavy atom. The van der Waals surface area contributed by atoms with E-state index in [4.69, 9.17) is 11.6 Å². The molecule has 1 N–H and O–H groups in total. The van der Waals surface area contributed by atoms with Crippen molar-refractivity contribution in [3.63, 3.8) is 0 Å². The fourth-order valence-corrected chi connectivity index (χ4v) is 5.01. The molecule has 27 heavy (non-hydrogen) atoms. The fraction of sp³-hybridized carbons (Fsp3) is 0.522. The van der Waals surface area contributed by atoms with Gasteiger partial charge in [-0.3, -0.25) is 4.98 Å². The minimum atomic E-state index is 0.734. The molecule has 1 heterocycles. The summed E-state index contributed by atoms with van der Waals surface area (Å²) in [4.78, 5) is 7.11. The molecule has 2 aliphatic carbocycles. The zero-order valence-electron chi connectivity index (χ0n) is 16.2. The lowest BCUT2D eigenvalue weighted by Crippen LogP contribution is -2.33. The van der Waals surface area contributed by atoms with Crippen LogP contribution in [0.4, 0.5) is 5.69 Å². The average molecular weight is 384 g/mol. The molecular weight excluding hydrogens is 354 g/mol. The van der Waals surface area contributed by atoms with Gasteiger partial charge in [0, 0.05) is 35.4 Å². The van der Waals surface area contributed by atoms with Crippen molar-refractivity contribution in [2.24, 2.45) is 17.8 Å². The monoisotopic (exact) mass is 383 g/mol. The highest BCUT2D eigenvalue weighted by Crippen LogP contribution is 2.43. The van der Waals surface area contributed by atoms with Gasteiger partial charge in [-0.25, -0.2) is 0 Å². The SMILES string of the molecule is CCCN(CCCNc1ccnc2cc(Cl)ccc12)C[C@@H]1C[C@H]2C=C[C@@H]1C2. The zero-order chi connectivity index (χ0) is 18.6. The van der Waals surface area contributed by atoms with Gasteiger partial charge in [0.15, 0.2) is 0 Å². The van der Waals surface area contributed by atoms with E-state index in [1.165, 1.54) is 38.9 Å². The third-order valence-corrected chi connectivity index (χ3v) is 6.36. The fourth-order valence-electron chi connectivity index (χ4n) is 4.85. The van der Waals surface area contributed by atoms with Crippen molar-refractivity contribution < 1.29 is 0 Å². The topological polar surface area (TPSA) is 28.2 Å². The van der Waals surface area contributed by atoms with Gasteiger partial charge in [0.2, 0.25) is 0 Å². The molecule has 2 aliphatic rings. The van der Waals surface area contributed by atoms with E-state index in [1.54, 1.807) is 0 Å². The first-order chi connectivity index (χ1) is 13.2. The highest BCUT2D eigenvalue weighted by atomic mass is 35.5. The summed E-state index contributed by atoms with van der Waals surface area (Å²) in [5.74, 6) is 2.61. The van der Waals surface area contributed by atoms with E-state index < -0.39 is 0 Å². The number of pyridine rings is 1. The van der Waals surface area contributed by atoms with Gasteiger partial charge in [0.05, 0.1) is 5.52 Å². The minimum absolute atomic E-state index is 0.734. The minimum Gasteiger partial charge on any atom is -0.384 e. The second-order valence-electron chi connectivity index (χ2n) is 8.14. The predicted molar refractivity (Wildman–Crippen MR) is 115 cm³/mol. The lowest BCUT2D eigenvalue weighted by atomic mass is 9.93. The van der Waals surface area contributed by atoms with Gasteiger partial charge >= 0.3 is 0 Å². The Balaban J connectivity index is 1.28. The van der Waals surface area contributed by atoms with Crippen LogP contribution in [0.2, 0.25) is 5.02 Å². The number of fused-ring (bicyclic) bond motifs is 3. The number of rotatable bonds is 9. The molecule has 0 aliphatic heterocycles. The van der Waals surface area contributed by atoms with Crippen LogP contribution in [0.5, 0.6) is 0 Å². The number of benzene rings is 1. The van der Waals surface area contributed by atoms with E-state index in [9.17, 15) is 0 Å². The molecule has 4 heteroatoms. The maximum atomic E-state index is 6.09. The van der Waals surface area contributed by atoms with E-state index in [1.807, 2.05) is 18.3 Å². The normalized spacial score (nSPS) is 23.6. The summed E-state index contributed by atoms with van der Waals surface area (Å²) in [5, 5.41) is 5.48. The molecule has 0 spiro atoms. The van der Waals surface area contributed by atoms with Gasteiger partial charge in [0.25, 0.3) is 0 Å². The molecule has 0 saturated heterocycles. The van der Waals surface area contributed by atoms with Gasteiger partial charge in [-0.05, 0) is 80.8 Å². The largest absolute Gasteiger partial charge is 0.384 e. The number of hydrogen-bond donors (Lipinski definition) is 1. The Labute approximate surface area is 167 Å². The highest BCUT2D eigenvalue weighted by Gasteiger charge is 2.36. The van der Waals surface area contributed by atoms with Crippen LogP contribution >= 0.6 is 11.6 Å². The van der Waals surface area contributed by atoms with Crippen LogP contribution in [-0.4, -0.2) is 36.1 Å². The maximum Gasteiger partial charge on any atom is 0.0737 e. The number of anilines is 1. The number of aromatic nitrogens is 1. The van der Waals surface area contributed by atoms with Gasteiger partial charge in [0.1, 0.15) is 0 Å². The van der Waals surface area contributed by atoms with Crippen molar-refractivity contribution in [1.82, 2.24) is 9.88 Å². The molecule has 4 rings (SSSR count). The van der Waals surface area contributed by atoms with Crippen LogP contribution in [-0.2, 0) is 0 Å². The molecule has 3 nitrogen and oxygen atoms in total. The standard InChI is InChI=1S/C23H30ClN3/c1-2-11-27(16-19-14-17-4-5-18(19)13-17)12-3-9-25-22-8-10-26-23-15-20(24)6-7-21(22)23/h4-8,10,15,17-19H,2-3,9,11-14,16H2,1H3,(H,25,26)/t17-,18+,19-/m0/s1. The summed E-state index contributed by atoms with van der Waals surface area (Å²) in [7, 11) is 0. The Morgan fingerprint density at radius 3 is 2.89 bits per heavy atom. The molecule has 2 aromatic rings. The second-order valence-corrected chi connectivity index (χ2v) is 8.58. The van der Waals surface area contributed by atoms with Crippen molar-refractivity contribution in [1.29, 1.82) is 0 Å². The maximum absolute atomic E-state index is 6.09. The van der Waals surface area contributed by atoms with Crippen molar-refractivity contribution in [2.45, 2.75) is 32.6 Å². The van der Waals surface area contributed by atoms with Gasteiger partial charge in [-0.2, -0.15) is 0 Å². The smallest absolute Gasteiger partial charge is 0.0737 e. The number of allylic oxidation sites excluding steroid dienone is 2. The summed E-state index contributed by atoms with van der Waals surface area (Å²) in [6, 6.07) is 7.97. The lowest BCUT2D eigenvalue weighted by molar-refractivity contribution is 0.214. The van der Waals surface area contributed by atoms with E-state index >= 15 is 0 Å². The molecular formula is C23H30ClN3. The van der Waals surface area contributed by atoms with Crippen LogP contribution in [0.3, 0.4) is 0 Å². The Bertz CT molecular complexity index is 803. The molecule has 1 fully saturated rings. The van der Waals surface area contributed by atoms with Crippen LogP contribution < -0.4 is 5.32 Å². The van der Waals surface area contributed by atoms with Crippen LogP contribution in [0.25, 0.3) is 10.9 Å². The molecule has 0 amide bonds. The zero-order valence-corrected chi connectivity index (χ0v) is 17.0. The molecule has 3 atom stereocenters. The van der Waals surface area contributed by atoms with Crippen molar-refractivity contribution in [2.75, 3.05) is 31.5 Å². The average Bonchev–Trinajstić information content (AvgIpc) is 3.28. The van der Waals surface area contributed by atoms with Crippen LogP contribution in [0.1, 0.15) is 32.6 Å². The van der Waals surface area contributed by atoms with Crippen LogP contribution in [0, 0.1) is 17.8 Å². The number of nitrogens with one attached hydrogen (secondary N) is 1. The molecule has 2 bridgehead atoms. The first kappa shape index (κ1) is 18.8. The Morgan fingerprint density at radius 1 is 1.19 bits per heavy atom. The first-order valence-electron chi connectivity index (χ1n) is 10.4. The number of nitrogens with zero attached hydrogens (tertiary/aromatic N) is 2. The summed E-state index contributed by atoms with van der Waals surface area (Å²) in [6.45, 7) is 6.94. The third kappa shape index (κ3) is 4.47. The number of halogens is 1. The van der Waals surface area contributed by atoms with E-state index in [2.05, 4.69) is 46.4 Å². The predicted octanol–water partition coefficient (Wildman–Crippen LogP) is 5.61. The van der Waals surface area contributed by atoms with Gasteiger partial charge < -0.3 is 10.2 Å². The molecule has 1 aromatic heterocycles. The second kappa shape index (κ2) is 8.62. The first-order valence-corrected chi connectivity index (χ1v) is 10.8. The molecule has 0 radical (unpaired) electrons. The molecule has 1 saturated carbocycles. The number of hydrogen-bond acceptors (Lipinski definition) is 3. The van der Waals surface area contributed by atoms with Crippen molar-refractivity contribution in [3.8, 4) is 0 Å². The summed E-state index contributed by atoms with van der Waals surface area (Å²) in [5.41, 5.74) is 2.10. The lowest BCUT2D eigenvalue weighted by Gasteiger charge is -2.28. The third-order valence-electron chi connectivity index (χ3n) is 6.12. The van der Waals surface area contributed by atoms with Crippen molar-refractivity contribution in [3.05, 3.63) is 47.6 Å².